The fraction of sp³-hybridized carbons (Fsp3) is 0.200. The van der Waals surface area contributed by atoms with Gasteiger partial charge in [-0.1, -0.05) is 77.2 Å². The molecule has 0 radical (unpaired) electrons. The number of imide groups is 1. The smallest absolute Gasteiger partial charge is 0.305 e. The fourth-order valence-electron chi connectivity index (χ4n) is 6.04. The summed E-state index contributed by atoms with van der Waals surface area (Å²) in [6, 6.07) is 26.1. The van der Waals surface area contributed by atoms with Crippen molar-refractivity contribution in [3.63, 3.8) is 0 Å². The van der Waals surface area contributed by atoms with Gasteiger partial charge in [-0.2, -0.15) is 0 Å². The van der Waals surface area contributed by atoms with Crippen LogP contribution in [0.25, 0.3) is 10.8 Å². The van der Waals surface area contributed by atoms with Gasteiger partial charge >= 0.3 is 4.87 Å². The monoisotopic (exact) mass is 651 g/mol. The van der Waals surface area contributed by atoms with Gasteiger partial charge in [0.1, 0.15) is 5.25 Å². The van der Waals surface area contributed by atoms with Crippen molar-refractivity contribution in [2.75, 3.05) is 23.4 Å². The number of hydrogen-bond acceptors (Lipinski definition) is 8. The van der Waals surface area contributed by atoms with E-state index in [0.717, 1.165) is 27.7 Å². The van der Waals surface area contributed by atoms with E-state index in [-0.39, 0.29) is 29.2 Å². The molecule has 3 amide bonds. The van der Waals surface area contributed by atoms with Crippen molar-refractivity contribution < 1.29 is 23.9 Å². The van der Waals surface area contributed by atoms with Gasteiger partial charge in [-0.25, -0.2) is 4.90 Å². The Morgan fingerprint density at radius 3 is 2.46 bits per heavy atom. The number of thioether (sulfide) groups is 1. The van der Waals surface area contributed by atoms with Crippen molar-refractivity contribution in [3.05, 3.63) is 111 Å². The summed E-state index contributed by atoms with van der Waals surface area (Å²) in [6.07, 6.45) is 0. The van der Waals surface area contributed by atoms with Crippen molar-refractivity contribution in [3.8, 4) is 11.5 Å². The van der Waals surface area contributed by atoms with Crippen molar-refractivity contribution in [2.45, 2.75) is 30.0 Å². The number of ether oxygens (including phenoxy) is 2. The number of carbonyl (C=O) groups is 3. The molecule has 9 nitrogen and oxygen atoms in total. The number of rotatable bonds is 8. The third-order valence-corrected chi connectivity index (χ3v) is 10.5. The number of aromatic amines is 1. The Labute approximate surface area is 272 Å². The molecule has 2 N–H and O–H groups in total. The standard InChI is InChI=1S/C35H29N3O6S2/c1-3-43-26-17-22(11-15-25(26)44-18-27(39)36-23-12-10-20-6-4-5-7-21(20)16-23)28-29-31(45-32-30(28)46-35(42)37-32)34(41)38(33(29)40)24-13-8-19(2)9-14-24/h4-17,28-29,31H,3,18H2,1-2H3,(H,36,39)(H,37,42). The number of hydrogen-bond donors (Lipinski definition) is 2. The number of nitrogens with zero attached hydrogens (tertiary/aromatic N) is 1. The first-order chi connectivity index (χ1) is 22.3. The molecule has 0 bridgehead atoms. The number of carbonyl (C=O) groups excluding carboxylic acids is 3. The Morgan fingerprint density at radius 2 is 1.67 bits per heavy atom. The zero-order valence-electron chi connectivity index (χ0n) is 24.9. The number of aromatic nitrogens is 1. The molecule has 1 aromatic heterocycles. The van der Waals surface area contributed by atoms with Gasteiger partial charge in [-0.15, -0.1) is 0 Å². The van der Waals surface area contributed by atoms with Crippen LogP contribution in [0.3, 0.4) is 0 Å². The van der Waals surface area contributed by atoms with E-state index in [1.807, 2.05) is 68.4 Å². The van der Waals surface area contributed by atoms with Crippen LogP contribution in [-0.4, -0.2) is 41.2 Å². The first kappa shape index (κ1) is 29.8. The second-order valence-corrected chi connectivity index (χ2v) is 13.3. The third-order valence-electron chi connectivity index (χ3n) is 8.13. The molecule has 3 unspecified atom stereocenters. The predicted molar refractivity (Wildman–Crippen MR) is 179 cm³/mol. The average Bonchev–Trinajstić information content (AvgIpc) is 3.54. The van der Waals surface area contributed by atoms with Crippen LogP contribution in [0.2, 0.25) is 0 Å². The number of nitrogens with one attached hydrogen (secondary N) is 2. The molecule has 2 aliphatic rings. The number of amides is 3. The Kier molecular flexibility index (Phi) is 7.87. The quantitative estimate of drug-likeness (QED) is 0.195. The van der Waals surface area contributed by atoms with Gasteiger partial charge in [0.15, 0.2) is 18.1 Å². The maximum absolute atomic E-state index is 14.0. The number of fused-ring (bicyclic) bond motifs is 3. The van der Waals surface area contributed by atoms with Gasteiger partial charge in [0.05, 0.1) is 23.2 Å². The molecule has 11 heteroatoms. The molecular weight excluding hydrogens is 623 g/mol. The van der Waals surface area contributed by atoms with Gasteiger partial charge in [-0.05, 0) is 66.6 Å². The molecule has 0 saturated carbocycles. The van der Waals surface area contributed by atoms with Crippen LogP contribution in [-0.2, 0) is 14.4 Å². The van der Waals surface area contributed by atoms with E-state index in [9.17, 15) is 19.2 Å². The Morgan fingerprint density at radius 1 is 0.891 bits per heavy atom. The molecule has 1 fully saturated rings. The largest absolute Gasteiger partial charge is 0.490 e. The Bertz CT molecular complexity index is 2050. The first-order valence-corrected chi connectivity index (χ1v) is 16.5. The van der Waals surface area contributed by atoms with Crippen LogP contribution in [0.1, 0.15) is 28.8 Å². The first-order valence-electron chi connectivity index (χ1n) is 14.8. The van der Waals surface area contributed by atoms with Crippen molar-refractivity contribution >= 4 is 63.0 Å². The van der Waals surface area contributed by atoms with E-state index in [0.29, 0.717) is 44.9 Å². The maximum atomic E-state index is 14.0. The second-order valence-electron chi connectivity index (χ2n) is 11.1. The maximum Gasteiger partial charge on any atom is 0.305 e. The summed E-state index contributed by atoms with van der Waals surface area (Å²) in [4.78, 5) is 57.6. The minimum absolute atomic E-state index is 0.250. The van der Waals surface area contributed by atoms with Crippen LogP contribution in [0.5, 0.6) is 11.5 Å². The number of H-pyrrole nitrogens is 1. The minimum atomic E-state index is -0.730. The summed E-state index contributed by atoms with van der Waals surface area (Å²) in [5, 5.41) is 4.85. The minimum Gasteiger partial charge on any atom is -0.490 e. The summed E-state index contributed by atoms with van der Waals surface area (Å²) >= 11 is 2.28. The van der Waals surface area contributed by atoms with Crippen LogP contribution in [0.15, 0.2) is 94.7 Å². The molecule has 7 rings (SSSR count). The molecule has 4 aromatic carbocycles. The van der Waals surface area contributed by atoms with Gasteiger partial charge < -0.3 is 19.8 Å². The molecule has 46 heavy (non-hydrogen) atoms. The summed E-state index contributed by atoms with van der Waals surface area (Å²) in [6.45, 7) is 3.86. The second kappa shape index (κ2) is 12.1. The molecule has 0 spiro atoms. The lowest BCUT2D eigenvalue weighted by atomic mass is 9.83. The molecule has 1 saturated heterocycles. The van der Waals surface area contributed by atoms with Crippen molar-refractivity contribution in [2.24, 2.45) is 5.92 Å². The molecule has 5 aromatic rings. The van der Waals surface area contributed by atoms with Gasteiger partial charge in [0.2, 0.25) is 11.8 Å². The number of thiazole rings is 1. The molecule has 3 heterocycles. The molecule has 2 aliphatic heterocycles. The highest BCUT2D eigenvalue weighted by molar-refractivity contribution is 8.00. The highest BCUT2D eigenvalue weighted by Gasteiger charge is 2.56. The lowest BCUT2D eigenvalue weighted by Gasteiger charge is -2.30. The van der Waals surface area contributed by atoms with E-state index in [1.165, 1.54) is 16.7 Å². The van der Waals surface area contributed by atoms with E-state index >= 15 is 0 Å². The van der Waals surface area contributed by atoms with Crippen LogP contribution in [0.4, 0.5) is 11.4 Å². The zero-order chi connectivity index (χ0) is 31.9. The van der Waals surface area contributed by atoms with Crippen LogP contribution >= 0.6 is 23.1 Å². The highest BCUT2D eigenvalue weighted by Crippen LogP contribution is 2.53. The van der Waals surface area contributed by atoms with E-state index < -0.39 is 17.1 Å². The van der Waals surface area contributed by atoms with Gasteiger partial charge in [-0.3, -0.25) is 19.2 Å². The van der Waals surface area contributed by atoms with Gasteiger partial charge in [0.25, 0.3) is 5.91 Å². The van der Waals surface area contributed by atoms with Crippen molar-refractivity contribution in [1.82, 2.24) is 4.98 Å². The van der Waals surface area contributed by atoms with E-state index in [4.69, 9.17) is 9.47 Å². The van der Waals surface area contributed by atoms with Crippen LogP contribution in [0, 0.1) is 12.8 Å². The SMILES string of the molecule is CCOc1cc(C2c3sc(=O)[nH]c3SC3C(=O)N(c4ccc(C)cc4)C(=O)C32)ccc1OCC(=O)Nc1ccc2ccccc2c1. The number of benzene rings is 4. The van der Waals surface area contributed by atoms with Crippen molar-refractivity contribution in [1.29, 1.82) is 0 Å². The fourth-order valence-corrected chi connectivity index (χ4v) is 8.55. The molecule has 0 aliphatic carbocycles. The average molecular weight is 652 g/mol. The van der Waals surface area contributed by atoms with Gasteiger partial charge in [0, 0.05) is 16.5 Å². The zero-order valence-corrected chi connectivity index (χ0v) is 26.6. The molecular formula is C35H29N3O6S2. The number of aryl methyl sites for hydroxylation is 1. The normalized spacial score (nSPS) is 18.7. The van der Waals surface area contributed by atoms with Crippen LogP contribution < -0.4 is 24.6 Å². The van der Waals surface area contributed by atoms with E-state index in [1.54, 1.807) is 30.3 Å². The summed E-state index contributed by atoms with van der Waals surface area (Å²) in [7, 11) is 0. The summed E-state index contributed by atoms with van der Waals surface area (Å²) in [5.41, 5.74) is 2.90. The summed E-state index contributed by atoms with van der Waals surface area (Å²) < 4.78 is 11.8. The lowest BCUT2D eigenvalue weighted by Crippen LogP contribution is -2.32. The Hall–Kier alpha value is -4.87. The highest BCUT2D eigenvalue weighted by atomic mass is 32.2. The Balaban J connectivity index is 1.16. The summed E-state index contributed by atoms with van der Waals surface area (Å²) in [5.74, 6) is -1.50. The molecule has 3 atom stereocenters. The topological polar surface area (TPSA) is 118 Å². The van der Waals surface area contributed by atoms with E-state index in [2.05, 4.69) is 10.3 Å². The predicted octanol–water partition coefficient (Wildman–Crippen LogP) is 6.11. The molecule has 232 valence electrons. The number of anilines is 2. The third kappa shape index (κ3) is 5.45. The lowest BCUT2D eigenvalue weighted by molar-refractivity contribution is -0.122.